The van der Waals surface area contributed by atoms with Crippen molar-refractivity contribution in [1.29, 1.82) is 0 Å². The van der Waals surface area contributed by atoms with Crippen LogP contribution in [0, 0.1) is 0 Å². The molecule has 7 heteroatoms. The van der Waals surface area contributed by atoms with Crippen LogP contribution in [-0.2, 0) is 0 Å². The Labute approximate surface area is 171 Å². The third-order valence-corrected chi connectivity index (χ3v) is 5.54. The molecular weight excluding hydrogens is 368 g/mol. The van der Waals surface area contributed by atoms with Crippen molar-refractivity contribution in [2.75, 3.05) is 26.6 Å². The lowest BCUT2D eigenvalue weighted by atomic mass is 10.1. The molecule has 1 aromatic carbocycles. The molecule has 0 amide bonds. The van der Waals surface area contributed by atoms with Crippen LogP contribution in [-0.4, -0.2) is 41.7 Å². The fraction of sp³-hybridized carbons (Fsp3) is 0.455. The largest absolute Gasteiger partial charge is 0.493 e. The molecule has 2 heterocycles. The topological polar surface area (TPSA) is 69.9 Å². The lowest BCUT2D eigenvalue weighted by Gasteiger charge is -2.19. The zero-order valence-corrected chi connectivity index (χ0v) is 17.3. The number of methoxy groups -OCH3 is 3. The van der Waals surface area contributed by atoms with Crippen LogP contribution in [0.3, 0.4) is 0 Å². The Morgan fingerprint density at radius 2 is 1.66 bits per heavy atom. The van der Waals surface area contributed by atoms with Gasteiger partial charge in [-0.25, -0.2) is 9.97 Å². The number of anilines is 1. The smallest absolute Gasteiger partial charge is 0.235 e. The van der Waals surface area contributed by atoms with Gasteiger partial charge in [0.1, 0.15) is 11.5 Å². The maximum Gasteiger partial charge on any atom is 0.235 e. The highest BCUT2D eigenvalue weighted by Crippen LogP contribution is 2.42. The van der Waals surface area contributed by atoms with Crippen molar-refractivity contribution in [3.05, 3.63) is 30.6 Å². The van der Waals surface area contributed by atoms with E-state index in [0.29, 0.717) is 29.1 Å². The number of ether oxygens (including phenoxy) is 3. The van der Waals surface area contributed by atoms with Gasteiger partial charge in [-0.1, -0.05) is 25.7 Å². The maximum atomic E-state index is 5.55. The normalized spacial score (nSPS) is 15.1. The van der Waals surface area contributed by atoms with E-state index >= 15 is 0 Å². The molecule has 0 saturated heterocycles. The molecule has 0 unspecified atom stereocenters. The summed E-state index contributed by atoms with van der Waals surface area (Å²) in [7, 11) is 4.85. The second-order valence-corrected chi connectivity index (χ2v) is 7.35. The number of fused-ring (bicyclic) bond motifs is 1. The van der Waals surface area contributed by atoms with Crippen LogP contribution in [0.1, 0.15) is 38.5 Å². The van der Waals surface area contributed by atoms with Crippen LogP contribution in [0.2, 0.25) is 0 Å². The van der Waals surface area contributed by atoms with Gasteiger partial charge in [-0.05, 0) is 31.0 Å². The van der Waals surface area contributed by atoms with E-state index in [1.165, 1.54) is 38.5 Å². The fourth-order valence-corrected chi connectivity index (χ4v) is 4.06. The fourth-order valence-electron chi connectivity index (χ4n) is 4.06. The first-order chi connectivity index (χ1) is 14.2. The predicted molar refractivity (Wildman–Crippen MR) is 113 cm³/mol. The minimum absolute atomic E-state index is 0.429. The van der Waals surface area contributed by atoms with Crippen LogP contribution in [0.4, 0.5) is 5.82 Å². The molecule has 1 N–H and O–H groups in total. The van der Waals surface area contributed by atoms with Crippen molar-refractivity contribution in [3.8, 4) is 28.5 Å². The number of nitrogens with zero attached hydrogens (tertiary/aromatic N) is 3. The zero-order chi connectivity index (χ0) is 20.2. The SMILES string of the molecule is COc1cc(-c2nc3ncccn3c2NC2CCCCCC2)cc(OC)c1OC. The van der Waals surface area contributed by atoms with Gasteiger partial charge in [-0.3, -0.25) is 4.40 Å². The molecule has 0 bridgehead atoms. The molecule has 1 fully saturated rings. The number of imidazole rings is 1. The number of benzene rings is 1. The first kappa shape index (κ1) is 19.4. The van der Waals surface area contributed by atoms with E-state index in [1.807, 2.05) is 28.8 Å². The van der Waals surface area contributed by atoms with E-state index in [4.69, 9.17) is 19.2 Å². The Hall–Kier alpha value is -2.96. The summed E-state index contributed by atoms with van der Waals surface area (Å²) in [4.78, 5) is 9.26. The summed E-state index contributed by atoms with van der Waals surface area (Å²) in [5.41, 5.74) is 1.72. The Balaban J connectivity index is 1.83. The molecule has 154 valence electrons. The van der Waals surface area contributed by atoms with Gasteiger partial charge in [0.2, 0.25) is 11.5 Å². The van der Waals surface area contributed by atoms with E-state index in [-0.39, 0.29) is 0 Å². The Kier molecular flexibility index (Phi) is 5.74. The van der Waals surface area contributed by atoms with E-state index in [1.54, 1.807) is 27.5 Å². The highest BCUT2D eigenvalue weighted by Gasteiger charge is 2.22. The second-order valence-electron chi connectivity index (χ2n) is 7.35. The van der Waals surface area contributed by atoms with Crippen molar-refractivity contribution in [2.24, 2.45) is 0 Å². The molecule has 0 spiro atoms. The van der Waals surface area contributed by atoms with Gasteiger partial charge in [-0.15, -0.1) is 0 Å². The van der Waals surface area contributed by atoms with E-state index in [0.717, 1.165) is 17.1 Å². The summed E-state index contributed by atoms with van der Waals surface area (Å²) < 4.78 is 18.6. The minimum Gasteiger partial charge on any atom is -0.493 e. The first-order valence-electron chi connectivity index (χ1n) is 10.1. The summed E-state index contributed by atoms with van der Waals surface area (Å²) in [6.45, 7) is 0. The number of hydrogen-bond acceptors (Lipinski definition) is 6. The summed E-state index contributed by atoms with van der Waals surface area (Å²) in [5, 5.41) is 3.76. The Bertz CT molecular complexity index is 952. The van der Waals surface area contributed by atoms with Gasteiger partial charge in [0.15, 0.2) is 11.5 Å². The highest BCUT2D eigenvalue weighted by molar-refractivity contribution is 5.79. The molecule has 1 saturated carbocycles. The van der Waals surface area contributed by atoms with Gasteiger partial charge < -0.3 is 19.5 Å². The van der Waals surface area contributed by atoms with Crippen molar-refractivity contribution in [3.63, 3.8) is 0 Å². The molecular formula is C22H28N4O3. The molecule has 0 aliphatic heterocycles. The van der Waals surface area contributed by atoms with Crippen LogP contribution in [0.15, 0.2) is 30.6 Å². The zero-order valence-electron chi connectivity index (χ0n) is 17.3. The molecule has 1 aliphatic carbocycles. The standard InChI is InChI=1S/C22H28N4O3/c1-27-17-13-15(14-18(28-2)20(17)29-3)19-21(24-16-9-6-4-5-7-10-16)26-12-8-11-23-22(26)25-19/h8,11-14,16,24H,4-7,9-10H2,1-3H3. The molecule has 29 heavy (non-hydrogen) atoms. The van der Waals surface area contributed by atoms with Crippen molar-refractivity contribution in [2.45, 2.75) is 44.6 Å². The summed E-state index contributed by atoms with van der Waals surface area (Å²) in [6.07, 6.45) is 11.2. The molecule has 1 aliphatic rings. The Morgan fingerprint density at radius 3 is 2.28 bits per heavy atom. The lowest BCUT2D eigenvalue weighted by Crippen LogP contribution is -2.19. The van der Waals surface area contributed by atoms with Crippen LogP contribution in [0.25, 0.3) is 17.0 Å². The third-order valence-electron chi connectivity index (χ3n) is 5.54. The molecule has 7 nitrogen and oxygen atoms in total. The number of rotatable bonds is 6. The average Bonchev–Trinajstić information content (AvgIpc) is 2.93. The van der Waals surface area contributed by atoms with Crippen LogP contribution in [0.5, 0.6) is 17.2 Å². The van der Waals surface area contributed by atoms with Gasteiger partial charge >= 0.3 is 0 Å². The second kappa shape index (κ2) is 8.59. The quantitative estimate of drug-likeness (QED) is 0.616. The van der Waals surface area contributed by atoms with Crippen LogP contribution >= 0.6 is 0 Å². The van der Waals surface area contributed by atoms with Gasteiger partial charge in [-0.2, -0.15) is 0 Å². The highest BCUT2D eigenvalue weighted by atomic mass is 16.5. The summed E-state index contributed by atoms with van der Waals surface area (Å²) in [6, 6.07) is 6.22. The molecule has 0 radical (unpaired) electrons. The lowest BCUT2D eigenvalue weighted by molar-refractivity contribution is 0.324. The van der Waals surface area contributed by atoms with E-state index in [2.05, 4.69) is 10.3 Å². The summed E-state index contributed by atoms with van der Waals surface area (Å²) in [5.74, 6) is 3.39. The van der Waals surface area contributed by atoms with Gasteiger partial charge in [0.25, 0.3) is 0 Å². The Morgan fingerprint density at radius 1 is 0.966 bits per heavy atom. The van der Waals surface area contributed by atoms with E-state index < -0.39 is 0 Å². The molecule has 0 atom stereocenters. The predicted octanol–water partition coefficient (Wildman–Crippen LogP) is 4.56. The monoisotopic (exact) mass is 396 g/mol. The van der Waals surface area contributed by atoms with Crippen LogP contribution < -0.4 is 19.5 Å². The van der Waals surface area contributed by atoms with Crippen molar-refractivity contribution >= 4 is 11.6 Å². The number of hydrogen-bond donors (Lipinski definition) is 1. The van der Waals surface area contributed by atoms with Crippen molar-refractivity contribution in [1.82, 2.24) is 14.4 Å². The number of aromatic nitrogens is 3. The maximum absolute atomic E-state index is 5.55. The molecule has 3 aromatic rings. The van der Waals surface area contributed by atoms with Gasteiger partial charge in [0, 0.05) is 24.0 Å². The van der Waals surface area contributed by atoms with E-state index in [9.17, 15) is 0 Å². The third kappa shape index (κ3) is 3.81. The first-order valence-corrected chi connectivity index (χ1v) is 10.1. The molecule has 2 aromatic heterocycles. The van der Waals surface area contributed by atoms with Gasteiger partial charge in [0.05, 0.1) is 21.3 Å². The molecule has 4 rings (SSSR count). The summed E-state index contributed by atoms with van der Waals surface area (Å²) >= 11 is 0. The number of nitrogens with one attached hydrogen (secondary N) is 1. The van der Waals surface area contributed by atoms with Crippen molar-refractivity contribution < 1.29 is 14.2 Å². The minimum atomic E-state index is 0.429. The average molecular weight is 396 g/mol.